The third-order valence-electron chi connectivity index (χ3n) is 2.33. The minimum Gasteiger partial charge on any atom is -0.476 e. The highest BCUT2D eigenvalue weighted by Gasteiger charge is 2.18. The minimum atomic E-state index is -1.03. The van der Waals surface area contributed by atoms with Gasteiger partial charge in [0.1, 0.15) is 0 Å². The van der Waals surface area contributed by atoms with Crippen molar-refractivity contribution in [2.45, 2.75) is 6.92 Å². The maximum Gasteiger partial charge on any atom is 0.356 e. The van der Waals surface area contributed by atoms with Crippen LogP contribution in [0.4, 0.5) is 0 Å². The Labute approximate surface area is 86.0 Å². The number of carboxylic acids is 1. The number of carboxylic acid groups (broad SMARTS) is 1. The van der Waals surface area contributed by atoms with Crippen LogP contribution in [0.2, 0.25) is 0 Å². The van der Waals surface area contributed by atoms with Gasteiger partial charge in [0.05, 0.1) is 6.26 Å². The van der Waals surface area contributed by atoms with Crippen molar-refractivity contribution in [2.75, 3.05) is 0 Å². The zero-order valence-corrected chi connectivity index (χ0v) is 8.39. The van der Waals surface area contributed by atoms with Crippen LogP contribution in [0.3, 0.4) is 0 Å². The molecule has 0 bridgehead atoms. The average Bonchev–Trinajstić information content (AvgIpc) is 2.77. The largest absolute Gasteiger partial charge is 0.476 e. The van der Waals surface area contributed by atoms with E-state index >= 15 is 0 Å². The van der Waals surface area contributed by atoms with Crippen LogP contribution in [-0.4, -0.2) is 20.6 Å². The predicted molar refractivity (Wildman–Crippen MR) is 52.6 cm³/mol. The van der Waals surface area contributed by atoms with Crippen LogP contribution in [0.25, 0.3) is 11.6 Å². The van der Waals surface area contributed by atoms with E-state index in [0.29, 0.717) is 17.3 Å². The van der Waals surface area contributed by atoms with E-state index in [2.05, 4.69) is 4.98 Å². The molecule has 1 N–H and O–H groups in total. The lowest BCUT2D eigenvalue weighted by atomic mass is 10.3. The Morgan fingerprint density at radius 3 is 2.80 bits per heavy atom. The van der Waals surface area contributed by atoms with Crippen molar-refractivity contribution in [3.8, 4) is 11.6 Å². The molecule has 0 aliphatic rings. The second kappa shape index (κ2) is 3.27. The first-order valence-corrected chi connectivity index (χ1v) is 4.41. The van der Waals surface area contributed by atoms with Crippen LogP contribution in [-0.2, 0) is 7.05 Å². The van der Waals surface area contributed by atoms with Gasteiger partial charge in [-0.1, -0.05) is 0 Å². The summed E-state index contributed by atoms with van der Waals surface area (Å²) in [4.78, 5) is 14.9. The number of furan rings is 1. The molecule has 0 radical (unpaired) electrons. The molecule has 5 nitrogen and oxygen atoms in total. The topological polar surface area (TPSA) is 68.3 Å². The zero-order valence-electron chi connectivity index (χ0n) is 8.39. The van der Waals surface area contributed by atoms with E-state index < -0.39 is 5.97 Å². The molecule has 2 rings (SSSR count). The molecule has 78 valence electrons. The van der Waals surface area contributed by atoms with Crippen LogP contribution in [0.5, 0.6) is 0 Å². The Kier molecular flexibility index (Phi) is 2.07. The molecule has 2 aromatic rings. The standard InChI is InChI=1S/C10H10N2O3/c1-6-8(10(13)14)11-9(12(6)2)7-4-3-5-15-7/h3-5H,1-2H3,(H,13,14). The molecule has 2 heterocycles. The van der Waals surface area contributed by atoms with E-state index in [1.807, 2.05) is 0 Å². The van der Waals surface area contributed by atoms with E-state index in [4.69, 9.17) is 9.52 Å². The lowest BCUT2D eigenvalue weighted by molar-refractivity contribution is 0.0690. The van der Waals surface area contributed by atoms with Crippen LogP contribution in [0.15, 0.2) is 22.8 Å². The molecular weight excluding hydrogens is 196 g/mol. The lowest BCUT2D eigenvalue weighted by Crippen LogP contribution is -2.00. The highest BCUT2D eigenvalue weighted by molar-refractivity contribution is 5.87. The first-order valence-electron chi connectivity index (χ1n) is 4.41. The van der Waals surface area contributed by atoms with Crippen molar-refractivity contribution in [1.29, 1.82) is 0 Å². The number of aromatic nitrogens is 2. The molecule has 2 aromatic heterocycles. The monoisotopic (exact) mass is 206 g/mol. The normalized spacial score (nSPS) is 10.5. The van der Waals surface area contributed by atoms with Crippen LogP contribution in [0.1, 0.15) is 16.2 Å². The summed E-state index contributed by atoms with van der Waals surface area (Å²) in [6, 6.07) is 3.48. The number of rotatable bonds is 2. The fraction of sp³-hybridized carbons (Fsp3) is 0.200. The quantitative estimate of drug-likeness (QED) is 0.811. The molecule has 0 spiro atoms. The number of hydrogen-bond acceptors (Lipinski definition) is 3. The van der Waals surface area contributed by atoms with Crippen molar-refractivity contribution in [3.63, 3.8) is 0 Å². The van der Waals surface area contributed by atoms with Gasteiger partial charge in [-0.2, -0.15) is 0 Å². The Hall–Kier alpha value is -2.04. The van der Waals surface area contributed by atoms with Crippen LogP contribution >= 0.6 is 0 Å². The molecule has 15 heavy (non-hydrogen) atoms. The maximum absolute atomic E-state index is 10.9. The Morgan fingerprint density at radius 2 is 2.33 bits per heavy atom. The third-order valence-corrected chi connectivity index (χ3v) is 2.33. The molecule has 0 saturated heterocycles. The summed E-state index contributed by atoms with van der Waals surface area (Å²) in [5.74, 6) is 0.0592. The lowest BCUT2D eigenvalue weighted by Gasteiger charge is -1.98. The van der Waals surface area contributed by atoms with Gasteiger partial charge in [0.25, 0.3) is 0 Å². The Morgan fingerprint density at radius 1 is 1.60 bits per heavy atom. The Balaban J connectivity index is 2.60. The second-order valence-corrected chi connectivity index (χ2v) is 3.21. The van der Waals surface area contributed by atoms with Gasteiger partial charge in [0.15, 0.2) is 17.3 Å². The maximum atomic E-state index is 10.9. The summed E-state index contributed by atoms with van der Waals surface area (Å²) >= 11 is 0. The number of hydrogen-bond donors (Lipinski definition) is 1. The van der Waals surface area contributed by atoms with Gasteiger partial charge < -0.3 is 14.1 Å². The fourth-order valence-electron chi connectivity index (χ4n) is 1.41. The van der Waals surface area contributed by atoms with Gasteiger partial charge >= 0.3 is 5.97 Å². The van der Waals surface area contributed by atoms with E-state index in [1.54, 1.807) is 30.7 Å². The van der Waals surface area contributed by atoms with E-state index in [-0.39, 0.29) is 5.69 Å². The predicted octanol–water partition coefficient (Wildman–Crippen LogP) is 1.69. The van der Waals surface area contributed by atoms with Gasteiger partial charge in [-0.05, 0) is 19.1 Å². The zero-order chi connectivity index (χ0) is 11.0. The first-order chi connectivity index (χ1) is 7.11. The molecule has 0 aliphatic carbocycles. The van der Waals surface area contributed by atoms with Crippen molar-refractivity contribution in [2.24, 2.45) is 7.05 Å². The summed E-state index contributed by atoms with van der Waals surface area (Å²) in [7, 11) is 1.76. The highest BCUT2D eigenvalue weighted by Crippen LogP contribution is 2.21. The van der Waals surface area contributed by atoms with Gasteiger partial charge in [0.2, 0.25) is 0 Å². The molecule has 0 saturated carbocycles. The van der Waals surface area contributed by atoms with Crippen molar-refractivity contribution in [3.05, 3.63) is 29.8 Å². The fourth-order valence-corrected chi connectivity index (χ4v) is 1.41. The molecule has 0 fully saturated rings. The van der Waals surface area contributed by atoms with Crippen molar-refractivity contribution >= 4 is 5.97 Å². The molecule has 0 aliphatic heterocycles. The summed E-state index contributed by atoms with van der Waals surface area (Å²) in [6.45, 7) is 1.71. The first kappa shape index (κ1) is 9.51. The van der Waals surface area contributed by atoms with E-state index in [9.17, 15) is 4.79 Å². The van der Waals surface area contributed by atoms with Gasteiger partial charge in [-0.25, -0.2) is 9.78 Å². The summed E-state index contributed by atoms with van der Waals surface area (Å²) < 4.78 is 6.87. The molecular formula is C10H10N2O3. The number of carbonyl (C=O) groups is 1. The summed E-state index contributed by atoms with van der Waals surface area (Å²) in [5.41, 5.74) is 0.665. The molecule has 0 atom stereocenters. The van der Waals surface area contributed by atoms with Crippen molar-refractivity contribution < 1.29 is 14.3 Å². The molecule has 0 aromatic carbocycles. The molecule has 5 heteroatoms. The van der Waals surface area contributed by atoms with Crippen LogP contribution in [0, 0.1) is 6.92 Å². The summed E-state index contributed by atoms with van der Waals surface area (Å²) in [5, 5.41) is 8.89. The van der Waals surface area contributed by atoms with Gasteiger partial charge in [0, 0.05) is 12.7 Å². The Bertz CT molecular complexity index is 497. The van der Waals surface area contributed by atoms with E-state index in [1.165, 1.54) is 6.26 Å². The van der Waals surface area contributed by atoms with Gasteiger partial charge in [-0.15, -0.1) is 0 Å². The summed E-state index contributed by atoms with van der Waals surface area (Å²) in [6.07, 6.45) is 1.53. The minimum absolute atomic E-state index is 0.0592. The smallest absolute Gasteiger partial charge is 0.356 e. The second-order valence-electron chi connectivity index (χ2n) is 3.21. The number of imidazole rings is 1. The number of nitrogens with zero attached hydrogens (tertiary/aromatic N) is 2. The third kappa shape index (κ3) is 1.41. The van der Waals surface area contributed by atoms with Gasteiger partial charge in [-0.3, -0.25) is 0 Å². The SMILES string of the molecule is Cc1c(C(=O)O)nc(-c2ccco2)n1C. The molecule has 0 unspecified atom stereocenters. The van der Waals surface area contributed by atoms with E-state index in [0.717, 1.165) is 0 Å². The van der Waals surface area contributed by atoms with Crippen LogP contribution < -0.4 is 0 Å². The average molecular weight is 206 g/mol. The van der Waals surface area contributed by atoms with Crippen molar-refractivity contribution in [1.82, 2.24) is 9.55 Å². The number of aromatic carboxylic acids is 1. The highest BCUT2D eigenvalue weighted by atomic mass is 16.4. The molecule has 0 amide bonds.